The summed E-state index contributed by atoms with van der Waals surface area (Å²) in [6, 6.07) is 0.699. The first-order valence-electron chi connectivity index (χ1n) is 5.11. The number of carbonyl (C=O) groups is 1. The number of urea groups is 1. The summed E-state index contributed by atoms with van der Waals surface area (Å²) in [7, 11) is 0. The Hall–Kier alpha value is -0.770. The fourth-order valence-corrected chi connectivity index (χ4v) is 3.00. The summed E-state index contributed by atoms with van der Waals surface area (Å²) in [5, 5.41) is 6.27. The molecule has 72 valence electrons. The van der Waals surface area contributed by atoms with E-state index in [0.29, 0.717) is 6.04 Å². The van der Waals surface area contributed by atoms with Crippen LogP contribution in [0.4, 0.5) is 4.79 Å². The van der Waals surface area contributed by atoms with Crippen molar-refractivity contribution in [2.45, 2.75) is 12.5 Å². The van der Waals surface area contributed by atoms with E-state index in [-0.39, 0.29) is 6.03 Å². The van der Waals surface area contributed by atoms with Gasteiger partial charge in [-0.2, -0.15) is 0 Å². The number of hydrogen-bond acceptors (Lipinski definition) is 2. The van der Waals surface area contributed by atoms with Gasteiger partial charge in [0.25, 0.3) is 0 Å². The second kappa shape index (κ2) is 2.61. The highest BCUT2D eigenvalue weighted by Gasteiger charge is 2.48. The van der Waals surface area contributed by atoms with Crippen molar-refractivity contribution in [1.82, 2.24) is 15.5 Å². The second-order valence-corrected chi connectivity index (χ2v) is 4.33. The highest BCUT2D eigenvalue weighted by molar-refractivity contribution is 5.76. The average molecular weight is 181 g/mol. The predicted molar refractivity (Wildman–Crippen MR) is 48.4 cm³/mol. The molecule has 1 aliphatic carbocycles. The van der Waals surface area contributed by atoms with Crippen LogP contribution in [0.15, 0.2) is 0 Å². The minimum Gasteiger partial charge on any atom is -0.336 e. The maximum absolute atomic E-state index is 11.4. The zero-order valence-corrected chi connectivity index (χ0v) is 7.62. The number of carbonyl (C=O) groups excluding carboxylic acids is 1. The van der Waals surface area contributed by atoms with Crippen LogP contribution in [0.2, 0.25) is 0 Å². The summed E-state index contributed by atoms with van der Waals surface area (Å²) >= 11 is 0. The molecular weight excluding hydrogens is 166 g/mol. The molecule has 2 atom stereocenters. The lowest BCUT2D eigenvalue weighted by Gasteiger charge is -2.53. The van der Waals surface area contributed by atoms with E-state index in [9.17, 15) is 4.79 Å². The highest BCUT2D eigenvalue weighted by Crippen LogP contribution is 2.40. The number of nitrogens with zero attached hydrogens (tertiary/aromatic N) is 1. The summed E-state index contributed by atoms with van der Waals surface area (Å²) in [5.41, 5.74) is 0. The summed E-state index contributed by atoms with van der Waals surface area (Å²) in [6.45, 7) is 3.95. The van der Waals surface area contributed by atoms with Gasteiger partial charge in [0.1, 0.15) is 0 Å². The van der Waals surface area contributed by atoms with Gasteiger partial charge in [-0.3, -0.25) is 0 Å². The Labute approximate surface area is 77.7 Å². The second-order valence-electron chi connectivity index (χ2n) is 4.33. The van der Waals surface area contributed by atoms with Gasteiger partial charge in [0.05, 0.1) is 0 Å². The normalized spacial score (nSPS) is 42.9. The van der Waals surface area contributed by atoms with E-state index < -0.39 is 0 Å². The Bertz CT molecular complexity index is 229. The Morgan fingerprint density at radius 3 is 2.62 bits per heavy atom. The highest BCUT2D eigenvalue weighted by atomic mass is 16.2. The van der Waals surface area contributed by atoms with Crippen LogP contribution in [0.25, 0.3) is 0 Å². The number of hydrogen-bond donors (Lipinski definition) is 2. The third-order valence-electron chi connectivity index (χ3n) is 3.63. The topological polar surface area (TPSA) is 44.4 Å². The number of amides is 2. The molecule has 2 saturated heterocycles. The van der Waals surface area contributed by atoms with Crippen molar-refractivity contribution < 1.29 is 4.79 Å². The van der Waals surface area contributed by atoms with Crippen molar-refractivity contribution in [3.05, 3.63) is 0 Å². The Balaban J connectivity index is 1.75. The minimum absolute atomic E-state index is 0.154. The lowest BCUT2D eigenvalue weighted by molar-refractivity contribution is 0.00495. The van der Waals surface area contributed by atoms with Gasteiger partial charge in [-0.25, -0.2) is 4.79 Å². The van der Waals surface area contributed by atoms with Crippen molar-refractivity contribution in [3.63, 3.8) is 0 Å². The molecule has 2 heterocycles. The van der Waals surface area contributed by atoms with Crippen LogP contribution < -0.4 is 10.6 Å². The van der Waals surface area contributed by atoms with E-state index >= 15 is 0 Å². The summed E-state index contributed by atoms with van der Waals surface area (Å²) in [5.74, 6) is 1.45. The maximum atomic E-state index is 11.4. The summed E-state index contributed by atoms with van der Waals surface area (Å²) in [6.07, 6.45) is 1.32. The quantitative estimate of drug-likeness (QED) is 0.579. The van der Waals surface area contributed by atoms with Crippen molar-refractivity contribution in [1.29, 1.82) is 0 Å². The molecule has 0 aromatic carbocycles. The van der Waals surface area contributed by atoms with Crippen molar-refractivity contribution in [2.24, 2.45) is 11.8 Å². The van der Waals surface area contributed by atoms with Crippen LogP contribution in [0.3, 0.4) is 0 Å². The Kier molecular flexibility index (Phi) is 1.53. The fourth-order valence-electron chi connectivity index (χ4n) is 3.00. The Morgan fingerprint density at radius 1 is 1.31 bits per heavy atom. The zero-order valence-electron chi connectivity index (χ0n) is 7.62. The van der Waals surface area contributed by atoms with Gasteiger partial charge < -0.3 is 15.5 Å². The molecule has 0 aromatic rings. The monoisotopic (exact) mass is 181 g/mol. The molecule has 1 saturated carbocycles. The number of piperidine rings is 2. The van der Waals surface area contributed by atoms with E-state index in [4.69, 9.17) is 0 Å². The molecule has 2 unspecified atom stereocenters. The summed E-state index contributed by atoms with van der Waals surface area (Å²) in [4.78, 5) is 13.5. The summed E-state index contributed by atoms with van der Waals surface area (Å²) < 4.78 is 0. The van der Waals surface area contributed by atoms with Crippen molar-refractivity contribution >= 4 is 6.03 Å². The van der Waals surface area contributed by atoms with Crippen LogP contribution in [0.1, 0.15) is 6.42 Å². The molecule has 0 aromatic heterocycles. The molecule has 2 bridgehead atoms. The van der Waals surface area contributed by atoms with Gasteiger partial charge in [0.15, 0.2) is 0 Å². The molecule has 2 N–H and O–H groups in total. The first-order chi connectivity index (χ1) is 6.36. The molecule has 0 spiro atoms. The zero-order chi connectivity index (χ0) is 8.84. The van der Waals surface area contributed by atoms with Gasteiger partial charge in [-0.15, -0.1) is 0 Å². The molecular formula is C9H15N3O. The molecule has 2 amide bonds. The SMILES string of the molecule is O=C1NCCN1C1C2CNCC1C2. The fraction of sp³-hybridized carbons (Fsp3) is 0.889. The van der Waals surface area contributed by atoms with Gasteiger partial charge in [-0.05, 0) is 31.3 Å². The molecule has 3 aliphatic rings. The van der Waals surface area contributed by atoms with Crippen LogP contribution in [-0.2, 0) is 0 Å². The predicted octanol–water partition coefficient (Wildman–Crippen LogP) is -0.381. The molecule has 2 aliphatic heterocycles. The third kappa shape index (κ3) is 0.981. The van der Waals surface area contributed by atoms with Gasteiger partial charge in [-0.1, -0.05) is 0 Å². The number of fused-ring (bicyclic) bond motifs is 2. The van der Waals surface area contributed by atoms with E-state index in [2.05, 4.69) is 10.6 Å². The average Bonchev–Trinajstić information content (AvgIpc) is 2.54. The van der Waals surface area contributed by atoms with Crippen molar-refractivity contribution in [3.8, 4) is 0 Å². The standard InChI is InChI=1S/C9H15N3O/c13-9-11-1-2-12(9)8-6-3-7(8)5-10-4-6/h6-8,10H,1-5H2,(H,11,13). The third-order valence-corrected chi connectivity index (χ3v) is 3.63. The maximum Gasteiger partial charge on any atom is 0.317 e. The molecule has 4 heteroatoms. The van der Waals surface area contributed by atoms with Crippen LogP contribution >= 0.6 is 0 Å². The van der Waals surface area contributed by atoms with Crippen molar-refractivity contribution in [2.75, 3.05) is 26.2 Å². The Morgan fingerprint density at radius 2 is 2.08 bits per heavy atom. The number of rotatable bonds is 1. The molecule has 3 fully saturated rings. The molecule has 13 heavy (non-hydrogen) atoms. The van der Waals surface area contributed by atoms with Gasteiger partial charge in [0, 0.05) is 19.1 Å². The lowest BCUT2D eigenvalue weighted by Crippen LogP contribution is -2.64. The minimum atomic E-state index is 0.154. The van der Waals surface area contributed by atoms with Gasteiger partial charge in [0.2, 0.25) is 0 Å². The van der Waals surface area contributed by atoms with Crippen LogP contribution in [0.5, 0.6) is 0 Å². The molecule has 0 radical (unpaired) electrons. The van der Waals surface area contributed by atoms with Gasteiger partial charge >= 0.3 is 6.03 Å². The smallest absolute Gasteiger partial charge is 0.317 e. The number of nitrogens with one attached hydrogen (secondary N) is 2. The van der Waals surface area contributed by atoms with E-state index in [1.54, 1.807) is 0 Å². The lowest BCUT2D eigenvalue weighted by atomic mass is 9.66. The molecule has 4 nitrogen and oxygen atoms in total. The van der Waals surface area contributed by atoms with E-state index in [0.717, 1.165) is 38.0 Å². The largest absolute Gasteiger partial charge is 0.336 e. The van der Waals surface area contributed by atoms with Crippen LogP contribution in [0, 0.1) is 11.8 Å². The molecule has 3 rings (SSSR count). The first-order valence-corrected chi connectivity index (χ1v) is 5.11. The van der Waals surface area contributed by atoms with Crippen LogP contribution in [-0.4, -0.2) is 43.2 Å². The first kappa shape index (κ1) is 7.62. The van der Waals surface area contributed by atoms with E-state index in [1.807, 2.05) is 4.90 Å². The van der Waals surface area contributed by atoms with E-state index in [1.165, 1.54) is 6.42 Å².